The topological polar surface area (TPSA) is 6.48 Å². The summed E-state index contributed by atoms with van der Waals surface area (Å²) in [7, 11) is 0. The monoisotopic (exact) mass is 678 g/mol. The highest BCUT2D eigenvalue weighted by Gasteiger charge is 2.37. The maximum atomic E-state index is 2.52. The smallest absolute Gasteiger partial charge is 0.0482 e. The fourth-order valence-corrected chi connectivity index (χ4v) is 9.19. The number of fused-ring (bicyclic) bond motifs is 3. The summed E-state index contributed by atoms with van der Waals surface area (Å²) in [5.41, 5.74) is 15.5. The number of rotatable bonds is 9. The molecule has 0 radical (unpaired) electrons. The molecule has 8 rings (SSSR count). The van der Waals surface area contributed by atoms with E-state index in [-0.39, 0.29) is 10.8 Å². The Balaban J connectivity index is 1.21. The Morgan fingerprint density at radius 3 is 1.69 bits per heavy atom. The highest BCUT2D eigenvalue weighted by Crippen LogP contribution is 2.51. The van der Waals surface area contributed by atoms with Gasteiger partial charge in [-0.1, -0.05) is 131 Å². The first-order valence-corrected chi connectivity index (χ1v) is 19.2. The van der Waals surface area contributed by atoms with Crippen molar-refractivity contribution in [1.82, 2.24) is 0 Å². The van der Waals surface area contributed by atoms with Crippen molar-refractivity contribution < 1.29 is 0 Å². The molecule has 52 heavy (non-hydrogen) atoms. The Kier molecular flexibility index (Phi) is 8.87. The third-order valence-electron chi connectivity index (χ3n) is 11.9. The van der Waals surface area contributed by atoms with Gasteiger partial charge in [-0.05, 0) is 132 Å². The summed E-state index contributed by atoms with van der Waals surface area (Å²) in [6.45, 7) is 11.8. The predicted molar refractivity (Wildman–Crippen MR) is 222 cm³/mol. The molecule has 0 N–H and O–H groups in total. The number of para-hydroxylation sites is 2. The Morgan fingerprint density at radius 2 is 1.06 bits per heavy atom. The molecule has 2 aliphatic rings. The van der Waals surface area contributed by atoms with E-state index in [9.17, 15) is 0 Å². The molecule has 0 aromatic heterocycles. The number of hydrogen-bond donors (Lipinski definition) is 0. The van der Waals surface area contributed by atoms with E-state index in [0.29, 0.717) is 5.92 Å². The van der Waals surface area contributed by atoms with E-state index >= 15 is 0 Å². The fourth-order valence-electron chi connectivity index (χ4n) is 9.19. The summed E-state index contributed by atoms with van der Waals surface area (Å²) in [5, 5.41) is 0. The number of hydrogen-bond acceptors (Lipinski definition) is 2. The maximum absolute atomic E-state index is 2.52. The van der Waals surface area contributed by atoms with Crippen LogP contribution >= 0.6 is 0 Å². The van der Waals surface area contributed by atoms with Gasteiger partial charge in [0.1, 0.15) is 0 Å². The van der Waals surface area contributed by atoms with Crippen LogP contribution in [0.1, 0.15) is 77.0 Å². The zero-order valence-corrected chi connectivity index (χ0v) is 31.3. The molecule has 6 aromatic rings. The van der Waals surface area contributed by atoms with Gasteiger partial charge < -0.3 is 9.80 Å². The molecule has 0 aliphatic heterocycles. The summed E-state index contributed by atoms with van der Waals surface area (Å²) < 4.78 is 0. The average molecular weight is 679 g/mol. The van der Waals surface area contributed by atoms with Gasteiger partial charge in [0.05, 0.1) is 0 Å². The predicted octanol–water partition coefficient (Wildman–Crippen LogP) is 14.3. The minimum absolute atomic E-state index is 0.0805. The van der Waals surface area contributed by atoms with Crippen molar-refractivity contribution >= 4 is 34.1 Å². The number of nitrogens with zero attached hydrogens (tertiary/aromatic N) is 2. The van der Waals surface area contributed by atoms with E-state index in [2.05, 4.69) is 202 Å². The van der Waals surface area contributed by atoms with Crippen LogP contribution in [0.2, 0.25) is 0 Å². The van der Waals surface area contributed by atoms with Crippen molar-refractivity contribution in [3.05, 3.63) is 180 Å². The third-order valence-corrected chi connectivity index (χ3v) is 11.9. The first kappa shape index (κ1) is 33.8. The minimum Gasteiger partial charge on any atom is -0.310 e. The molecular weight excluding hydrogens is 629 g/mol. The molecule has 0 saturated heterocycles. The van der Waals surface area contributed by atoms with Crippen LogP contribution in [0.4, 0.5) is 34.1 Å². The number of anilines is 6. The van der Waals surface area contributed by atoms with Gasteiger partial charge in [-0.2, -0.15) is 0 Å². The second-order valence-corrected chi connectivity index (χ2v) is 15.5. The lowest BCUT2D eigenvalue weighted by Crippen LogP contribution is -2.31. The fraction of sp³-hybridized carbons (Fsp3) is 0.240. The van der Waals surface area contributed by atoms with Gasteiger partial charge in [0.15, 0.2) is 0 Å². The first-order valence-electron chi connectivity index (χ1n) is 19.2. The average Bonchev–Trinajstić information content (AvgIpc) is 3.41. The van der Waals surface area contributed by atoms with Crippen LogP contribution in [0.15, 0.2) is 163 Å². The Labute approximate surface area is 311 Å². The highest BCUT2D eigenvalue weighted by atomic mass is 15.2. The molecule has 2 atom stereocenters. The zero-order valence-electron chi connectivity index (χ0n) is 31.3. The molecule has 0 amide bonds. The summed E-state index contributed by atoms with van der Waals surface area (Å²) in [5.74, 6) is 0.603. The lowest BCUT2D eigenvalue weighted by atomic mass is 9.65. The van der Waals surface area contributed by atoms with Gasteiger partial charge in [0.25, 0.3) is 0 Å². The Morgan fingerprint density at radius 1 is 0.538 bits per heavy atom. The van der Waals surface area contributed by atoms with Gasteiger partial charge in [0.2, 0.25) is 0 Å². The van der Waals surface area contributed by atoms with Gasteiger partial charge in [-0.15, -0.1) is 0 Å². The van der Waals surface area contributed by atoms with E-state index in [1.807, 2.05) is 0 Å². The number of allylic oxidation sites excluding steroid dienone is 2. The molecule has 2 nitrogen and oxygen atoms in total. The molecule has 2 aliphatic carbocycles. The first-order chi connectivity index (χ1) is 25.3. The van der Waals surface area contributed by atoms with Gasteiger partial charge >= 0.3 is 0 Å². The van der Waals surface area contributed by atoms with Gasteiger partial charge in [-0.3, -0.25) is 0 Å². The van der Waals surface area contributed by atoms with Gasteiger partial charge in [-0.25, -0.2) is 0 Å². The van der Waals surface area contributed by atoms with E-state index in [0.717, 1.165) is 53.4 Å². The van der Waals surface area contributed by atoms with E-state index in [1.54, 1.807) is 5.57 Å². The van der Waals surface area contributed by atoms with Gasteiger partial charge in [0, 0.05) is 39.5 Å². The summed E-state index contributed by atoms with van der Waals surface area (Å²) in [4.78, 5) is 4.81. The van der Waals surface area contributed by atoms with Crippen molar-refractivity contribution in [3.8, 4) is 11.1 Å². The second kappa shape index (κ2) is 13.7. The van der Waals surface area contributed by atoms with Crippen LogP contribution in [0, 0.1) is 5.92 Å². The largest absolute Gasteiger partial charge is 0.310 e. The van der Waals surface area contributed by atoms with Crippen LogP contribution in [-0.2, 0) is 10.8 Å². The van der Waals surface area contributed by atoms with Crippen molar-refractivity contribution in [2.45, 2.75) is 71.1 Å². The molecule has 2 unspecified atom stereocenters. The summed E-state index contributed by atoms with van der Waals surface area (Å²) in [6.07, 6.45) is 7.18. The van der Waals surface area contributed by atoms with Crippen LogP contribution in [0.5, 0.6) is 0 Å². The SMILES string of the molecule is CCC1=CC(C)CC(CC)(c2ccc(N(c3ccccc3)c3cccc(N(c4ccccc4)c4ccc5c(c4)C(C)(C)c4ccccc4-5)c3)cc2)C1. The lowest BCUT2D eigenvalue weighted by Gasteiger charge is -2.40. The molecule has 0 bridgehead atoms. The van der Waals surface area contributed by atoms with Crippen molar-refractivity contribution in [2.24, 2.45) is 5.92 Å². The molecule has 0 heterocycles. The van der Waals surface area contributed by atoms with Crippen molar-refractivity contribution in [2.75, 3.05) is 9.80 Å². The third kappa shape index (κ3) is 5.95. The molecule has 260 valence electrons. The van der Waals surface area contributed by atoms with Crippen LogP contribution in [0.25, 0.3) is 11.1 Å². The quantitative estimate of drug-likeness (QED) is 0.140. The Bertz CT molecular complexity index is 2210. The van der Waals surface area contributed by atoms with Crippen LogP contribution < -0.4 is 9.80 Å². The minimum atomic E-state index is -0.0805. The molecule has 0 fully saturated rings. The second-order valence-electron chi connectivity index (χ2n) is 15.5. The zero-order chi connectivity index (χ0) is 35.9. The normalized spacial score (nSPS) is 18.6. The maximum Gasteiger partial charge on any atom is 0.0482 e. The van der Waals surface area contributed by atoms with E-state index in [1.165, 1.54) is 34.2 Å². The number of benzene rings is 6. The van der Waals surface area contributed by atoms with Crippen molar-refractivity contribution in [3.63, 3.8) is 0 Å². The van der Waals surface area contributed by atoms with Crippen LogP contribution in [0.3, 0.4) is 0 Å². The highest BCUT2D eigenvalue weighted by molar-refractivity contribution is 5.87. The molecule has 2 heteroatoms. The summed E-state index contributed by atoms with van der Waals surface area (Å²) in [6, 6.07) is 56.0. The van der Waals surface area contributed by atoms with E-state index < -0.39 is 0 Å². The molecule has 6 aromatic carbocycles. The molecular formula is C50H50N2. The van der Waals surface area contributed by atoms with E-state index in [4.69, 9.17) is 0 Å². The molecule has 0 saturated carbocycles. The Hall–Kier alpha value is -5.34. The molecule has 0 spiro atoms. The van der Waals surface area contributed by atoms with Crippen molar-refractivity contribution in [1.29, 1.82) is 0 Å². The van der Waals surface area contributed by atoms with Crippen LogP contribution in [-0.4, -0.2) is 0 Å². The summed E-state index contributed by atoms with van der Waals surface area (Å²) >= 11 is 0. The lowest BCUT2D eigenvalue weighted by molar-refractivity contribution is 0.316. The standard InChI is InChI=1S/C50H50N2/c1-6-37-31-36(3)34-50(7-2,35-37)38-25-27-41(28-26-38)51(39-17-10-8-11-18-39)42-21-16-22-43(32-42)52(40-19-12-9-13-20-40)44-29-30-46-45-23-14-15-24-47(45)49(4,5)48(46)33-44/h8-33,36H,6-7,34-35H2,1-5H3.